The van der Waals surface area contributed by atoms with E-state index in [-0.39, 0.29) is 11.6 Å². The summed E-state index contributed by atoms with van der Waals surface area (Å²) in [6, 6.07) is 0.548. The van der Waals surface area contributed by atoms with Crippen LogP contribution >= 0.6 is 0 Å². The molecule has 118 valence electrons. The zero-order valence-electron chi connectivity index (χ0n) is 13.7. The quantitative estimate of drug-likeness (QED) is 0.872. The van der Waals surface area contributed by atoms with Crippen LogP contribution in [0.15, 0.2) is 17.2 Å². The van der Waals surface area contributed by atoms with Crippen LogP contribution in [0.25, 0.3) is 0 Å². The Bertz CT molecular complexity index is 509. The molecule has 1 aromatic heterocycles. The van der Waals surface area contributed by atoms with Gasteiger partial charge in [-0.1, -0.05) is 13.8 Å². The molecule has 0 saturated carbocycles. The molecule has 0 bridgehead atoms. The fourth-order valence-corrected chi connectivity index (χ4v) is 2.88. The Labute approximate surface area is 127 Å². The van der Waals surface area contributed by atoms with Crippen LogP contribution in [-0.2, 0) is 0 Å². The van der Waals surface area contributed by atoms with Crippen molar-refractivity contribution in [3.63, 3.8) is 0 Å². The van der Waals surface area contributed by atoms with E-state index in [2.05, 4.69) is 29.0 Å². The van der Waals surface area contributed by atoms with Gasteiger partial charge in [-0.05, 0) is 39.2 Å². The summed E-state index contributed by atoms with van der Waals surface area (Å²) in [5.74, 6) is 1.26. The van der Waals surface area contributed by atoms with E-state index in [1.165, 1.54) is 0 Å². The molecule has 0 radical (unpaired) electrons. The molecular weight excluding hydrogens is 264 g/mol. The summed E-state index contributed by atoms with van der Waals surface area (Å²) < 4.78 is 1.76. The lowest BCUT2D eigenvalue weighted by Crippen LogP contribution is -2.42. The van der Waals surface area contributed by atoms with Crippen LogP contribution < -0.4 is 15.8 Å². The molecule has 21 heavy (non-hydrogen) atoms. The van der Waals surface area contributed by atoms with Crippen molar-refractivity contribution in [2.75, 3.05) is 24.5 Å². The number of hydrogen-bond acceptors (Lipinski definition) is 4. The average molecular weight is 292 g/mol. The number of aromatic nitrogens is 2. The summed E-state index contributed by atoms with van der Waals surface area (Å²) in [6.45, 7) is 11.3. The van der Waals surface area contributed by atoms with Gasteiger partial charge in [0, 0.05) is 37.6 Å². The summed E-state index contributed by atoms with van der Waals surface area (Å²) in [4.78, 5) is 19.1. The number of hydrogen-bond donors (Lipinski definition) is 1. The first-order chi connectivity index (χ1) is 10.0. The van der Waals surface area contributed by atoms with E-state index in [0.717, 1.165) is 32.5 Å². The highest BCUT2D eigenvalue weighted by Gasteiger charge is 2.27. The normalized spacial score (nSPS) is 19.0. The molecule has 1 unspecified atom stereocenters. The van der Waals surface area contributed by atoms with Crippen molar-refractivity contribution < 1.29 is 0 Å². The maximum absolute atomic E-state index is 12.6. The van der Waals surface area contributed by atoms with Gasteiger partial charge in [-0.25, -0.2) is 4.98 Å². The van der Waals surface area contributed by atoms with E-state index in [0.29, 0.717) is 17.8 Å². The molecule has 1 N–H and O–H groups in total. The molecule has 5 nitrogen and oxygen atoms in total. The van der Waals surface area contributed by atoms with Gasteiger partial charge < -0.3 is 14.8 Å². The van der Waals surface area contributed by atoms with Crippen molar-refractivity contribution in [3.8, 4) is 0 Å². The van der Waals surface area contributed by atoms with E-state index in [4.69, 9.17) is 0 Å². The fraction of sp³-hybridized carbons (Fsp3) is 0.750. The van der Waals surface area contributed by atoms with E-state index < -0.39 is 0 Å². The molecule has 1 aromatic rings. The van der Waals surface area contributed by atoms with Gasteiger partial charge in [0.15, 0.2) is 5.82 Å². The Morgan fingerprint density at radius 2 is 2.14 bits per heavy atom. The van der Waals surface area contributed by atoms with Crippen molar-refractivity contribution >= 4 is 5.82 Å². The molecule has 0 aliphatic carbocycles. The smallest absolute Gasteiger partial charge is 0.293 e. The number of rotatable bonds is 6. The van der Waals surface area contributed by atoms with Crippen molar-refractivity contribution in [1.29, 1.82) is 0 Å². The van der Waals surface area contributed by atoms with E-state index in [9.17, 15) is 4.79 Å². The third kappa shape index (κ3) is 3.84. The summed E-state index contributed by atoms with van der Waals surface area (Å²) in [5.41, 5.74) is 0.0308. The summed E-state index contributed by atoms with van der Waals surface area (Å²) in [6.07, 6.45) is 5.78. The second-order valence-corrected chi connectivity index (χ2v) is 6.60. The molecule has 0 aromatic carbocycles. The number of nitrogens with zero attached hydrogens (tertiary/aromatic N) is 3. The van der Waals surface area contributed by atoms with E-state index >= 15 is 0 Å². The van der Waals surface area contributed by atoms with Gasteiger partial charge in [-0.2, -0.15) is 0 Å². The lowest BCUT2D eigenvalue weighted by Gasteiger charge is -2.26. The van der Waals surface area contributed by atoms with Gasteiger partial charge in [0.05, 0.1) is 0 Å². The maximum Gasteiger partial charge on any atom is 0.293 e. The van der Waals surface area contributed by atoms with Crippen molar-refractivity contribution in [2.45, 2.75) is 52.6 Å². The predicted octanol–water partition coefficient (Wildman–Crippen LogP) is 2.04. The Hall–Kier alpha value is -1.36. The lowest BCUT2D eigenvalue weighted by atomic mass is 10.2. The van der Waals surface area contributed by atoms with Gasteiger partial charge >= 0.3 is 0 Å². The Kier molecular flexibility index (Phi) is 5.39. The van der Waals surface area contributed by atoms with Gasteiger partial charge in [-0.3, -0.25) is 4.79 Å². The maximum atomic E-state index is 12.6. The van der Waals surface area contributed by atoms with Crippen LogP contribution in [0.5, 0.6) is 0 Å². The minimum atomic E-state index is 0.0308. The molecule has 1 fully saturated rings. The number of nitrogens with one attached hydrogen (secondary N) is 1. The third-order valence-electron chi connectivity index (χ3n) is 3.99. The van der Waals surface area contributed by atoms with Gasteiger partial charge in [-0.15, -0.1) is 0 Å². The van der Waals surface area contributed by atoms with Crippen LogP contribution in [0, 0.1) is 5.92 Å². The van der Waals surface area contributed by atoms with Gasteiger partial charge in [0.2, 0.25) is 0 Å². The molecule has 0 spiro atoms. The Balaban J connectivity index is 2.13. The highest BCUT2D eigenvalue weighted by Crippen LogP contribution is 2.21. The second-order valence-electron chi connectivity index (χ2n) is 6.60. The SMILES string of the molecule is CC(C)CNCC1CCCN1c1nccn(C(C)C)c1=O. The molecule has 2 heterocycles. The standard InChI is InChI=1S/C16H28N4O/c1-12(2)10-17-11-14-6-5-8-20(14)15-16(21)19(13(3)4)9-7-18-15/h7,9,12-14,17H,5-6,8,10-11H2,1-4H3. The van der Waals surface area contributed by atoms with Gasteiger partial charge in [0.1, 0.15) is 0 Å². The Morgan fingerprint density at radius 3 is 2.81 bits per heavy atom. The highest BCUT2D eigenvalue weighted by molar-refractivity contribution is 5.39. The highest BCUT2D eigenvalue weighted by atomic mass is 16.1. The number of anilines is 1. The summed E-state index contributed by atoms with van der Waals surface area (Å²) in [7, 11) is 0. The minimum Gasteiger partial charge on any atom is -0.348 e. The molecular formula is C16H28N4O. The zero-order valence-corrected chi connectivity index (χ0v) is 13.7. The summed E-state index contributed by atoms with van der Waals surface area (Å²) in [5, 5.41) is 3.51. The predicted molar refractivity (Wildman–Crippen MR) is 87.0 cm³/mol. The lowest BCUT2D eigenvalue weighted by molar-refractivity contribution is 0.508. The molecule has 1 aliphatic heterocycles. The van der Waals surface area contributed by atoms with Crippen LogP contribution in [0.3, 0.4) is 0 Å². The monoisotopic (exact) mass is 292 g/mol. The molecule has 1 saturated heterocycles. The molecule has 5 heteroatoms. The van der Waals surface area contributed by atoms with E-state index in [1.54, 1.807) is 17.0 Å². The zero-order chi connectivity index (χ0) is 15.4. The Morgan fingerprint density at radius 1 is 1.38 bits per heavy atom. The van der Waals surface area contributed by atoms with Crippen LogP contribution in [-0.4, -0.2) is 35.2 Å². The summed E-state index contributed by atoms with van der Waals surface area (Å²) >= 11 is 0. The van der Waals surface area contributed by atoms with Crippen molar-refractivity contribution in [2.24, 2.45) is 5.92 Å². The van der Waals surface area contributed by atoms with Gasteiger partial charge in [0.25, 0.3) is 5.56 Å². The average Bonchev–Trinajstić information content (AvgIpc) is 2.86. The van der Waals surface area contributed by atoms with Crippen LogP contribution in [0.4, 0.5) is 5.82 Å². The third-order valence-corrected chi connectivity index (χ3v) is 3.99. The molecule has 1 atom stereocenters. The fourth-order valence-electron chi connectivity index (χ4n) is 2.88. The van der Waals surface area contributed by atoms with Crippen LogP contribution in [0.2, 0.25) is 0 Å². The largest absolute Gasteiger partial charge is 0.348 e. The second kappa shape index (κ2) is 7.07. The van der Waals surface area contributed by atoms with Crippen molar-refractivity contribution in [3.05, 3.63) is 22.7 Å². The molecule has 0 amide bonds. The topological polar surface area (TPSA) is 50.2 Å². The van der Waals surface area contributed by atoms with Crippen molar-refractivity contribution in [1.82, 2.24) is 14.9 Å². The van der Waals surface area contributed by atoms with E-state index in [1.807, 2.05) is 13.8 Å². The first-order valence-electron chi connectivity index (χ1n) is 8.05. The van der Waals surface area contributed by atoms with Crippen LogP contribution in [0.1, 0.15) is 46.6 Å². The first-order valence-corrected chi connectivity index (χ1v) is 8.05. The molecule has 1 aliphatic rings. The minimum absolute atomic E-state index is 0.0308. The first kappa shape index (κ1) is 16.0. The molecule has 2 rings (SSSR count).